The molecule has 1 amide bonds. The third kappa shape index (κ3) is 5.86. The van der Waals surface area contributed by atoms with Gasteiger partial charge in [0, 0.05) is 109 Å². The number of pyridine rings is 2. The summed E-state index contributed by atoms with van der Waals surface area (Å²) in [5.74, 6) is 0.861. The summed E-state index contributed by atoms with van der Waals surface area (Å²) in [4.78, 5) is 40.4. The minimum atomic E-state index is -0.0406. The zero-order chi connectivity index (χ0) is 27.2. The Morgan fingerprint density at radius 3 is 2.50 bits per heavy atom. The first-order chi connectivity index (χ1) is 18.3. The highest BCUT2D eigenvalue weighted by atomic mass is 16.2. The first-order valence-electron chi connectivity index (χ1n) is 12.6. The fourth-order valence-electron chi connectivity index (χ4n) is 4.61. The van der Waals surface area contributed by atoms with Crippen molar-refractivity contribution in [2.45, 2.75) is 6.54 Å². The van der Waals surface area contributed by atoms with E-state index in [1.54, 1.807) is 32.2 Å². The number of piperazine rings is 1. The van der Waals surface area contributed by atoms with Gasteiger partial charge in [0.05, 0.1) is 11.3 Å². The van der Waals surface area contributed by atoms with Gasteiger partial charge in [0.2, 0.25) is 0 Å². The monoisotopic (exact) mass is 516 g/mol. The Balaban J connectivity index is 1.43. The Labute approximate surface area is 223 Å². The Morgan fingerprint density at radius 1 is 1.11 bits per heavy atom. The molecule has 1 saturated heterocycles. The number of likely N-dealkylation sites (N-methyl/N-ethyl adjacent to an activating group) is 1. The van der Waals surface area contributed by atoms with Crippen LogP contribution in [0.25, 0.3) is 11.0 Å². The largest absolute Gasteiger partial charge is 0.388 e. The van der Waals surface area contributed by atoms with Gasteiger partial charge in [0.15, 0.2) is 0 Å². The lowest BCUT2D eigenvalue weighted by Crippen LogP contribution is -2.46. The van der Waals surface area contributed by atoms with Gasteiger partial charge in [-0.05, 0) is 30.3 Å². The molecule has 4 rings (SSSR count). The molecule has 0 saturated carbocycles. The van der Waals surface area contributed by atoms with Crippen molar-refractivity contribution in [3.8, 4) is 0 Å². The SMILES string of the molecule is CNC(/C=C\N(C)c1ccnc2c1cc(CN1CCN(c3ccc(C(=O)N(C)C)cn3)CC1)n2C)=C/C=O. The zero-order valence-corrected chi connectivity index (χ0v) is 22.8. The number of hydrogen-bond donors (Lipinski definition) is 1. The van der Waals surface area contributed by atoms with Gasteiger partial charge in [0.25, 0.3) is 5.91 Å². The highest BCUT2D eigenvalue weighted by molar-refractivity contribution is 5.93. The average molecular weight is 517 g/mol. The van der Waals surface area contributed by atoms with Crippen LogP contribution in [0.1, 0.15) is 16.1 Å². The zero-order valence-electron chi connectivity index (χ0n) is 22.8. The molecule has 0 bridgehead atoms. The first-order valence-corrected chi connectivity index (χ1v) is 12.6. The number of nitrogens with zero attached hydrogens (tertiary/aromatic N) is 7. The lowest BCUT2D eigenvalue weighted by molar-refractivity contribution is -0.104. The molecule has 0 aliphatic carbocycles. The van der Waals surface area contributed by atoms with Gasteiger partial charge >= 0.3 is 0 Å². The van der Waals surface area contributed by atoms with Crippen molar-refractivity contribution in [2.75, 3.05) is 64.2 Å². The van der Waals surface area contributed by atoms with Crippen molar-refractivity contribution in [1.29, 1.82) is 0 Å². The van der Waals surface area contributed by atoms with Gasteiger partial charge in [-0.3, -0.25) is 14.5 Å². The van der Waals surface area contributed by atoms with Crippen LogP contribution in [0.2, 0.25) is 0 Å². The molecule has 3 aromatic rings. The van der Waals surface area contributed by atoms with E-state index >= 15 is 0 Å². The summed E-state index contributed by atoms with van der Waals surface area (Å²) >= 11 is 0. The van der Waals surface area contributed by atoms with Crippen molar-refractivity contribution >= 4 is 34.7 Å². The van der Waals surface area contributed by atoms with E-state index in [9.17, 15) is 9.59 Å². The van der Waals surface area contributed by atoms with E-state index < -0.39 is 0 Å². The van der Waals surface area contributed by atoms with E-state index in [2.05, 4.69) is 42.8 Å². The number of aromatic nitrogens is 3. The molecule has 0 aromatic carbocycles. The van der Waals surface area contributed by atoms with E-state index in [0.717, 1.165) is 67.2 Å². The Morgan fingerprint density at radius 2 is 1.87 bits per heavy atom. The number of allylic oxidation sites excluding steroid dienone is 2. The topological polar surface area (TPSA) is 89.8 Å². The van der Waals surface area contributed by atoms with Gasteiger partial charge in [-0.15, -0.1) is 0 Å². The molecule has 0 unspecified atom stereocenters. The molecule has 10 nitrogen and oxygen atoms in total. The highest BCUT2D eigenvalue weighted by Gasteiger charge is 2.21. The number of carbonyl (C=O) groups excluding carboxylic acids is 2. The van der Waals surface area contributed by atoms with Crippen molar-refractivity contribution in [3.63, 3.8) is 0 Å². The van der Waals surface area contributed by atoms with Crippen molar-refractivity contribution in [3.05, 3.63) is 72.0 Å². The predicted octanol–water partition coefficient (Wildman–Crippen LogP) is 2.24. The molecule has 3 aromatic heterocycles. The Kier molecular flexibility index (Phi) is 8.42. The second-order valence-corrected chi connectivity index (χ2v) is 9.56. The highest BCUT2D eigenvalue weighted by Crippen LogP contribution is 2.28. The third-order valence-electron chi connectivity index (χ3n) is 6.88. The Bertz CT molecular complexity index is 1330. The molecule has 0 radical (unpaired) electrons. The smallest absolute Gasteiger partial charge is 0.254 e. The van der Waals surface area contributed by atoms with Crippen LogP contribution >= 0.6 is 0 Å². The van der Waals surface area contributed by atoms with Crippen LogP contribution < -0.4 is 15.1 Å². The predicted molar refractivity (Wildman–Crippen MR) is 151 cm³/mol. The van der Waals surface area contributed by atoms with Crippen LogP contribution in [-0.2, 0) is 18.4 Å². The number of amides is 1. The van der Waals surface area contributed by atoms with Crippen molar-refractivity contribution < 1.29 is 9.59 Å². The summed E-state index contributed by atoms with van der Waals surface area (Å²) in [5.41, 5.74) is 4.51. The van der Waals surface area contributed by atoms with Gasteiger partial charge < -0.3 is 24.6 Å². The summed E-state index contributed by atoms with van der Waals surface area (Å²) in [6.07, 6.45) is 9.55. The normalized spacial score (nSPS) is 14.8. The molecule has 38 heavy (non-hydrogen) atoms. The fraction of sp³-hybridized carbons (Fsp3) is 0.357. The molecule has 10 heteroatoms. The maximum atomic E-state index is 12.1. The molecule has 1 aliphatic heterocycles. The number of aryl methyl sites for hydroxylation is 1. The summed E-state index contributed by atoms with van der Waals surface area (Å²) in [5, 5.41) is 4.08. The van der Waals surface area contributed by atoms with Gasteiger partial charge in [-0.2, -0.15) is 0 Å². The summed E-state index contributed by atoms with van der Waals surface area (Å²) in [6.45, 7) is 4.41. The average Bonchev–Trinajstić information content (AvgIpc) is 3.25. The molecular weight excluding hydrogens is 480 g/mol. The second-order valence-electron chi connectivity index (χ2n) is 9.56. The number of carbonyl (C=O) groups is 2. The van der Waals surface area contributed by atoms with E-state index in [1.165, 1.54) is 11.8 Å². The van der Waals surface area contributed by atoms with E-state index in [1.807, 2.05) is 48.6 Å². The molecule has 4 heterocycles. The lowest BCUT2D eigenvalue weighted by Gasteiger charge is -2.35. The van der Waals surface area contributed by atoms with Gasteiger partial charge in [0.1, 0.15) is 17.8 Å². The number of hydrogen-bond acceptors (Lipinski definition) is 8. The summed E-state index contributed by atoms with van der Waals surface area (Å²) in [7, 11) is 9.32. The van der Waals surface area contributed by atoms with E-state index in [-0.39, 0.29) is 5.91 Å². The summed E-state index contributed by atoms with van der Waals surface area (Å²) in [6, 6.07) is 8.00. The molecule has 1 aliphatic rings. The maximum Gasteiger partial charge on any atom is 0.254 e. The van der Waals surface area contributed by atoms with Crippen LogP contribution in [0.5, 0.6) is 0 Å². The molecule has 0 spiro atoms. The van der Waals surface area contributed by atoms with Crippen LogP contribution in [0.15, 0.2) is 60.7 Å². The molecule has 200 valence electrons. The minimum absolute atomic E-state index is 0.0406. The molecule has 0 atom stereocenters. The summed E-state index contributed by atoms with van der Waals surface area (Å²) < 4.78 is 2.16. The van der Waals surface area contributed by atoms with Gasteiger partial charge in [-0.25, -0.2) is 9.97 Å². The van der Waals surface area contributed by atoms with Crippen LogP contribution in [0, 0.1) is 0 Å². The number of anilines is 2. The number of aldehydes is 1. The first kappa shape index (κ1) is 26.9. The maximum absolute atomic E-state index is 12.1. The van der Waals surface area contributed by atoms with Gasteiger partial charge in [-0.1, -0.05) is 0 Å². The number of fused-ring (bicyclic) bond motifs is 1. The van der Waals surface area contributed by atoms with Crippen LogP contribution in [0.3, 0.4) is 0 Å². The second kappa shape index (κ2) is 11.9. The Hall–Kier alpha value is -4.18. The van der Waals surface area contributed by atoms with E-state index in [0.29, 0.717) is 5.56 Å². The number of rotatable bonds is 9. The third-order valence-corrected chi connectivity index (χ3v) is 6.88. The standard InChI is InChI=1S/C28H36N8O2/c1-29-22(10-17-37)9-12-33(4)25-8-11-30-27-24(25)18-23(34(27)5)20-35-13-15-36(16-14-35)26-7-6-21(19-31-26)28(38)32(2)3/h6-12,17-19,29H,13-16,20H2,1-5H3/b12-9-,22-10+. The lowest BCUT2D eigenvalue weighted by atomic mass is 10.2. The quantitative estimate of drug-likeness (QED) is 0.263. The number of nitrogens with one attached hydrogen (secondary N) is 1. The van der Waals surface area contributed by atoms with Crippen molar-refractivity contribution in [1.82, 2.24) is 29.7 Å². The molecule has 1 fully saturated rings. The van der Waals surface area contributed by atoms with Crippen LogP contribution in [-0.4, -0.2) is 90.9 Å². The van der Waals surface area contributed by atoms with Crippen molar-refractivity contribution in [2.24, 2.45) is 7.05 Å². The molecule has 1 N–H and O–H groups in total. The fourth-order valence-corrected chi connectivity index (χ4v) is 4.61. The molecular formula is C28H36N8O2. The van der Waals surface area contributed by atoms with Crippen LogP contribution in [0.4, 0.5) is 11.5 Å². The van der Waals surface area contributed by atoms with E-state index in [4.69, 9.17) is 0 Å². The minimum Gasteiger partial charge on any atom is -0.388 e.